The number of hydrogen-bond acceptors (Lipinski definition) is 9. The van der Waals surface area contributed by atoms with Crippen LogP contribution in [0.2, 0.25) is 0 Å². The summed E-state index contributed by atoms with van der Waals surface area (Å²) in [6.07, 6.45) is 7.17. The number of hydrogen-bond donors (Lipinski definition) is 3. The SMILES string of the molecule is CNS(=O)(=O)c1ccc(C(C)=NNc2nc(Nc3ccccc3)nc(-n3cc(-c4ccncc4)cn3)c2-c2ccccc2)cc1. The van der Waals surface area contributed by atoms with Crippen LogP contribution >= 0.6 is 0 Å². The van der Waals surface area contributed by atoms with Crippen molar-refractivity contribution in [2.45, 2.75) is 11.8 Å². The minimum Gasteiger partial charge on any atom is -0.324 e. The highest BCUT2D eigenvalue weighted by atomic mass is 32.2. The Bertz CT molecular complexity index is 2050. The van der Waals surface area contributed by atoms with E-state index < -0.39 is 10.0 Å². The third-order valence-electron chi connectivity index (χ3n) is 6.98. The fourth-order valence-corrected chi connectivity index (χ4v) is 5.33. The van der Waals surface area contributed by atoms with Crippen molar-refractivity contribution in [2.24, 2.45) is 5.10 Å². The first-order valence-corrected chi connectivity index (χ1v) is 15.5. The van der Waals surface area contributed by atoms with Crippen molar-refractivity contribution in [2.75, 3.05) is 17.8 Å². The second kappa shape index (κ2) is 12.9. The summed E-state index contributed by atoms with van der Waals surface area (Å²) in [7, 11) is -2.17. The molecule has 6 rings (SSSR count). The number of benzene rings is 3. The first-order chi connectivity index (χ1) is 21.9. The van der Waals surface area contributed by atoms with Gasteiger partial charge < -0.3 is 5.32 Å². The van der Waals surface area contributed by atoms with Gasteiger partial charge in [0.15, 0.2) is 11.6 Å². The Balaban J connectivity index is 1.46. The minimum absolute atomic E-state index is 0.170. The summed E-state index contributed by atoms with van der Waals surface area (Å²) in [4.78, 5) is 14.1. The van der Waals surface area contributed by atoms with E-state index in [0.29, 0.717) is 28.9 Å². The minimum atomic E-state index is -3.55. The highest BCUT2D eigenvalue weighted by Crippen LogP contribution is 2.34. The van der Waals surface area contributed by atoms with E-state index in [0.717, 1.165) is 27.9 Å². The van der Waals surface area contributed by atoms with Crippen LogP contribution < -0.4 is 15.5 Å². The Morgan fingerprint density at radius 3 is 2.18 bits per heavy atom. The molecule has 0 atom stereocenters. The largest absolute Gasteiger partial charge is 0.324 e. The molecule has 0 aliphatic heterocycles. The van der Waals surface area contributed by atoms with Crippen molar-refractivity contribution in [3.63, 3.8) is 0 Å². The molecule has 0 saturated carbocycles. The Hall–Kier alpha value is -5.72. The van der Waals surface area contributed by atoms with Gasteiger partial charge in [-0.3, -0.25) is 10.4 Å². The Morgan fingerprint density at radius 2 is 1.49 bits per heavy atom. The van der Waals surface area contributed by atoms with Gasteiger partial charge in [-0.25, -0.2) is 17.8 Å². The van der Waals surface area contributed by atoms with Crippen LogP contribution in [0.5, 0.6) is 0 Å². The first kappa shape index (κ1) is 29.4. The number of anilines is 3. The fraction of sp³-hybridized carbons (Fsp3) is 0.0606. The van der Waals surface area contributed by atoms with Gasteiger partial charge in [-0.2, -0.15) is 20.2 Å². The topological polar surface area (TPSA) is 139 Å². The van der Waals surface area contributed by atoms with Crippen LogP contribution in [0.1, 0.15) is 12.5 Å². The first-order valence-electron chi connectivity index (χ1n) is 14.0. The lowest BCUT2D eigenvalue weighted by Crippen LogP contribution is -2.18. The van der Waals surface area contributed by atoms with Gasteiger partial charge in [-0.15, -0.1) is 0 Å². The monoisotopic (exact) mass is 615 g/mol. The zero-order valence-electron chi connectivity index (χ0n) is 24.5. The molecule has 0 aliphatic carbocycles. The number of hydrazone groups is 1. The molecule has 0 bridgehead atoms. The third-order valence-corrected chi connectivity index (χ3v) is 8.41. The molecule has 3 aromatic heterocycles. The van der Waals surface area contributed by atoms with Gasteiger partial charge in [0.1, 0.15) is 0 Å². The normalized spacial score (nSPS) is 11.7. The van der Waals surface area contributed by atoms with Crippen molar-refractivity contribution in [1.82, 2.24) is 29.5 Å². The fourth-order valence-electron chi connectivity index (χ4n) is 4.60. The van der Waals surface area contributed by atoms with Crippen LogP contribution in [0.4, 0.5) is 17.5 Å². The summed E-state index contributed by atoms with van der Waals surface area (Å²) in [5.74, 6) is 1.32. The zero-order valence-corrected chi connectivity index (χ0v) is 25.3. The molecule has 0 aliphatic rings. The molecule has 0 unspecified atom stereocenters. The van der Waals surface area contributed by atoms with Gasteiger partial charge in [-0.05, 0) is 67.1 Å². The van der Waals surface area contributed by atoms with Gasteiger partial charge in [0.25, 0.3) is 0 Å². The van der Waals surface area contributed by atoms with Crippen LogP contribution in [0.3, 0.4) is 0 Å². The Morgan fingerprint density at radius 1 is 0.800 bits per heavy atom. The molecule has 0 radical (unpaired) electrons. The number of nitrogens with one attached hydrogen (secondary N) is 3. The van der Waals surface area contributed by atoms with Crippen molar-refractivity contribution in [3.8, 4) is 28.1 Å². The second-order valence-electron chi connectivity index (χ2n) is 9.90. The summed E-state index contributed by atoms with van der Waals surface area (Å²) in [6, 6.07) is 29.8. The van der Waals surface area contributed by atoms with Crippen LogP contribution in [0.15, 0.2) is 132 Å². The van der Waals surface area contributed by atoms with E-state index in [4.69, 9.17) is 9.97 Å². The maximum Gasteiger partial charge on any atom is 0.240 e. The van der Waals surface area contributed by atoms with Crippen molar-refractivity contribution in [3.05, 3.63) is 127 Å². The van der Waals surface area contributed by atoms with Crippen molar-refractivity contribution in [1.29, 1.82) is 0 Å². The molecule has 45 heavy (non-hydrogen) atoms. The molecular formula is C33H29N9O2S. The number of aromatic nitrogens is 5. The van der Waals surface area contributed by atoms with Crippen LogP contribution in [-0.2, 0) is 10.0 Å². The third kappa shape index (κ3) is 6.61. The standard InChI is InChI=1S/C33H29N9O2S/c1-23(24-13-15-29(16-14-24)45(43,44)34-2)40-41-31-30(26-9-5-3-6-10-26)32(39-33(38-31)37-28-11-7-4-8-12-28)42-22-27(21-36-42)25-17-19-35-20-18-25/h3-22,34H,1-2H3,(H2,37,38,39,41). The van der Waals surface area contributed by atoms with Gasteiger partial charge >= 0.3 is 0 Å². The predicted molar refractivity (Wildman–Crippen MR) is 176 cm³/mol. The van der Waals surface area contributed by atoms with E-state index in [1.807, 2.05) is 85.9 Å². The van der Waals surface area contributed by atoms with E-state index in [-0.39, 0.29) is 4.90 Å². The van der Waals surface area contributed by atoms with Gasteiger partial charge in [-0.1, -0.05) is 60.7 Å². The van der Waals surface area contributed by atoms with Crippen LogP contribution in [0, 0.1) is 0 Å². The molecule has 0 amide bonds. The molecule has 0 saturated heterocycles. The van der Waals surface area contributed by atoms with Gasteiger partial charge in [0.2, 0.25) is 16.0 Å². The number of pyridine rings is 1. The average Bonchev–Trinajstić information content (AvgIpc) is 3.59. The van der Waals surface area contributed by atoms with E-state index >= 15 is 0 Å². The van der Waals surface area contributed by atoms with Crippen molar-refractivity contribution < 1.29 is 8.42 Å². The summed E-state index contributed by atoms with van der Waals surface area (Å²) >= 11 is 0. The summed E-state index contributed by atoms with van der Waals surface area (Å²) in [5, 5.41) is 12.6. The smallest absolute Gasteiger partial charge is 0.240 e. The van der Waals surface area contributed by atoms with Gasteiger partial charge in [0.05, 0.1) is 22.4 Å². The number of sulfonamides is 1. The maximum atomic E-state index is 12.2. The maximum absolute atomic E-state index is 12.2. The predicted octanol–water partition coefficient (Wildman–Crippen LogP) is 5.88. The number of rotatable bonds is 10. The van der Waals surface area contributed by atoms with Gasteiger partial charge in [0, 0.05) is 29.8 Å². The lowest BCUT2D eigenvalue weighted by Gasteiger charge is -2.16. The molecule has 224 valence electrons. The van der Waals surface area contributed by atoms with E-state index in [1.54, 1.807) is 47.5 Å². The molecule has 3 N–H and O–H groups in total. The number of nitrogens with zero attached hydrogens (tertiary/aromatic N) is 6. The second-order valence-corrected chi connectivity index (χ2v) is 11.8. The van der Waals surface area contributed by atoms with Crippen molar-refractivity contribution >= 4 is 33.2 Å². The molecule has 11 nitrogen and oxygen atoms in total. The summed E-state index contributed by atoms with van der Waals surface area (Å²) in [6.45, 7) is 1.83. The van der Waals surface area contributed by atoms with E-state index in [9.17, 15) is 8.42 Å². The summed E-state index contributed by atoms with van der Waals surface area (Å²) in [5.41, 5.74) is 8.76. The Kier molecular flexibility index (Phi) is 8.40. The van der Waals surface area contributed by atoms with E-state index in [1.165, 1.54) is 7.05 Å². The van der Waals surface area contributed by atoms with Crippen LogP contribution in [-0.4, -0.2) is 45.9 Å². The molecule has 6 aromatic rings. The molecule has 3 aromatic carbocycles. The lowest BCUT2D eigenvalue weighted by molar-refractivity contribution is 0.588. The highest BCUT2D eigenvalue weighted by molar-refractivity contribution is 7.89. The molecule has 3 heterocycles. The highest BCUT2D eigenvalue weighted by Gasteiger charge is 2.20. The summed E-state index contributed by atoms with van der Waals surface area (Å²) < 4.78 is 28.4. The number of para-hydroxylation sites is 1. The lowest BCUT2D eigenvalue weighted by atomic mass is 10.1. The molecule has 0 spiro atoms. The molecule has 0 fully saturated rings. The molecular weight excluding hydrogens is 586 g/mol. The zero-order chi connectivity index (χ0) is 31.2. The van der Waals surface area contributed by atoms with E-state index in [2.05, 4.69) is 30.6 Å². The van der Waals surface area contributed by atoms with Crippen LogP contribution in [0.25, 0.3) is 28.1 Å². The Labute approximate surface area is 260 Å². The quantitative estimate of drug-likeness (QED) is 0.128. The average molecular weight is 616 g/mol. The molecule has 12 heteroatoms.